The Morgan fingerprint density at radius 1 is 1.04 bits per heavy atom. The van der Waals surface area contributed by atoms with E-state index in [-0.39, 0.29) is 10.7 Å². The van der Waals surface area contributed by atoms with Crippen LogP contribution in [0.1, 0.15) is 11.1 Å². The first-order valence-corrected chi connectivity index (χ1v) is 7.97. The lowest BCUT2D eigenvalue weighted by Gasteiger charge is -2.13. The Bertz CT molecular complexity index is 946. The fraction of sp³-hybridized carbons (Fsp3) is 0.0556. The molecule has 2 aromatic rings. The quantitative estimate of drug-likeness (QED) is 0.583. The van der Waals surface area contributed by atoms with Gasteiger partial charge < -0.3 is 0 Å². The summed E-state index contributed by atoms with van der Waals surface area (Å²) >= 11 is 11.9. The van der Waals surface area contributed by atoms with E-state index in [0.717, 1.165) is 4.90 Å². The number of anilines is 1. The topological polar surface area (TPSA) is 64.4 Å². The summed E-state index contributed by atoms with van der Waals surface area (Å²) in [7, 11) is 1.52. The summed E-state index contributed by atoms with van der Waals surface area (Å²) in [5, 5.41) is 9.43. The molecule has 0 bridgehead atoms. The minimum absolute atomic E-state index is 0.223. The Hall–Kier alpha value is -2.81. The number of benzene rings is 2. The first-order chi connectivity index (χ1) is 11.9. The highest BCUT2D eigenvalue weighted by Gasteiger charge is 2.39. The first kappa shape index (κ1) is 17.0. The molecular formula is C18H11Cl2N3O2. The molecule has 1 aliphatic rings. The Morgan fingerprint density at radius 2 is 1.72 bits per heavy atom. The lowest BCUT2D eigenvalue weighted by Crippen LogP contribution is -2.31. The number of likely N-dealkylation sites (N-methyl/N-ethyl adjacent to an activating group) is 1. The third kappa shape index (κ3) is 3.10. The van der Waals surface area contributed by atoms with Crippen molar-refractivity contribution in [2.45, 2.75) is 0 Å². The van der Waals surface area contributed by atoms with E-state index in [4.69, 9.17) is 28.5 Å². The molecule has 5 nitrogen and oxygen atoms in total. The van der Waals surface area contributed by atoms with E-state index in [1.807, 2.05) is 6.07 Å². The van der Waals surface area contributed by atoms with Crippen molar-refractivity contribution >= 4 is 46.9 Å². The van der Waals surface area contributed by atoms with Crippen molar-refractivity contribution in [3.05, 3.63) is 69.3 Å². The van der Waals surface area contributed by atoms with Crippen LogP contribution in [-0.4, -0.2) is 23.9 Å². The molecule has 3 amide bonds. The monoisotopic (exact) mass is 371 g/mol. The largest absolute Gasteiger partial charge is 0.336 e. The molecule has 0 radical (unpaired) electrons. The second-order valence-electron chi connectivity index (χ2n) is 5.34. The van der Waals surface area contributed by atoms with E-state index in [0.29, 0.717) is 21.8 Å². The van der Waals surface area contributed by atoms with Crippen LogP contribution in [0.3, 0.4) is 0 Å². The first-order valence-electron chi connectivity index (χ1n) is 7.21. The molecule has 7 heteroatoms. The number of halogens is 2. The SMILES string of the molecule is CN1C(=O)N(c2ccc(Cl)c(Cl)c2)C(=O)/C1=C/c1ccc(C#N)cc1. The van der Waals surface area contributed by atoms with Gasteiger partial charge in [0, 0.05) is 7.05 Å². The van der Waals surface area contributed by atoms with Gasteiger partial charge in [-0.25, -0.2) is 9.69 Å². The van der Waals surface area contributed by atoms with Gasteiger partial charge in [0.15, 0.2) is 0 Å². The van der Waals surface area contributed by atoms with Crippen molar-refractivity contribution in [3.8, 4) is 6.07 Å². The summed E-state index contributed by atoms with van der Waals surface area (Å²) in [6.45, 7) is 0. The molecule has 0 unspecified atom stereocenters. The fourth-order valence-corrected chi connectivity index (χ4v) is 2.71. The molecule has 3 rings (SSSR count). The van der Waals surface area contributed by atoms with Crippen LogP contribution < -0.4 is 4.90 Å². The molecule has 0 spiro atoms. The molecule has 1 heterocycles. The minimum Gasteiger partial charge on any atom is -0.292 e. The summed E-state index contributed by atoms with van der Waals surface area (Å²) in [6.07, 6.45) is 1.60. The van der Waals surface area contributed by atoms with Crippen LogP contribution in [0.4, 0.5) is 10.5 Å². The molecule has 1 saturated heterocycles. The van der Waals surface area contributed by atoms with E-state index >= 15 is 0 Å². The number of urea groups is 1. The maximum atomic E-state index is 12.7. The normalized spacial score (nSPS) is 15.8. The lowest BCUT2D eigenvalue weighted by atomic mass is 10.1. The molecule has 0 N–H and O–H groups in total. The number of nitrogens with zero attached hydrogens (tertiary/aromatic N) is 3. The van der Waals surface area contributed by atoms with Gasteiger partial charge >= 0.3 is 6.03 Å². The van der Waals surface area contributed by atoms with Gasteiger partial charge in [-0.2, -0.15) is 5.26 Å². The van der Waals surface area contributed by atoms with Crippen LogP contribution in [0.25, 0.3) is 6.08 Å². The Morgan fingerprint density at radius 3 is 2.32 bits per heavy atom. The van der Waals surface area contributed by atoms with Crippen molar-refractivity contribution in [2.24, 2.45) is 0 Å². The highest BCUT2D eigenvalue weighted by molar-refractivity contribution is 6.42. The van der Waals surface area contributed by atoms with E-state index < -0.39 is 11.9 Å². The number of nitriles is 1. The standard InChI is InChI=1S/C18H11Cl2N3O2/c1-22-16(8-11-2-4-12(10-21)5-3-11)17(24)23(18(22)25)13-6-7-14(19)15(20)9-13/h2-9H,1H3/b16-8-. The van der Waals surface area contributed by atoms with Crippen LogP contribution in [0, 0.1) is 11.3 Å². The average molecular weight is 372 g/mol. The third-order valence-corrected chi connectivity index (χ3v) is 4.51. The molecule has 1 fully saturated rings. The van der Waals surface area contributed by atoms with E-state index in [1.165, 1.54) is 24.1 Å². The van der Waals surface area contributed by atoms with Crippen LogP contribution >= 0.6 is 23.2 Å². The van der Waals surface area contributed by atoms with Gasteiger partial charge in [0.05, 0.1) is 27.4 Å². The summed E-state index contributed by atoms with van der Waals surface area (Å²) in [6, 6.07) is 12.8. The zero-order chi connectivity index (χ0) is 18.1. The Labute approximate surface area is 154 Å². The molecule has 1 aliphatic heterocycles. The number of rotatable bonds is 2. The average Bonchev–Trinajstić information content (AvgIpc) is 2.82. The van der Waals surface area contributed by atoms with Gasteiger partial charge in [0.1, 0.15) is 5.70 Å². The Balaban J connectivity index is 1.98. The van der Waals surface area contributed by atoms with Crippen molar-refractivity contribution in [3.63, 3.8) is 0 Å². The summed E-state index contributed by atoms with van der Waals surface area (Å²) in [5.74, 6) is -0.463. The molecule has 0 saturated carbocycles. The van der Waals surface area contributed by atoms with Crippen LogP contribution in [0.5, 0.6) is 0 Å². The maximum absolute atomic E-state index is 12.7. The number of imide groups is 1. The number of amides is 3. The highest BCUT2D eigenvalue weighted by atomic mass is 35.5. The zero-order valence-corrected chi connectivity index (χ0v) is 14.5. The smallest absolute Gasteiger partial charge is 0.292 e. The lowest BCUT2D eigenvalue weighted by molar-refractivity contribution is -0.114. The van der Waals surface area contributed by atoms with Crippen LogP contribution in [-0.2, 0) is 4.79 Å². The van der Waals surface area contributed by atoms with E-state index in [9.17, 15) is 9.59 Å². The summed E-state index contributed by atoms with van der Waals surface area (Å²) in [4.78, 5) is 27.5. The molecule has 0 aromatic heterocycles. The third-order valence-electron chi connectivity index (χ3n) is 3.77. The molecule has 0 atom stereocenters. The Kier molecular flexibility index (Phi) is 4.49. The molecule has 25 heavy (non-hydrogen) atoms. The number of hydrogen-bond donors (Lipinski definition) is 0. The molecular weight excluding hydrogens is 361 g/mol. The number of carbonyl (C=O) groups is 2. The minimum atomic E-state index is -0.483. The second-order valence-corrected chi connectivity index (χ2v) is 6.16. The van der Waals surface area contributed by atoms with Crippen molar-refractivity contribution in [1.82, 2.24) is 4.90 Å². The fourth-order valence-electron chi connectivity index (χ4n) is 2.42. The molecule has 2 aromatic carbocycles. The van der Waals surface area contributed by atoms with Gasteiger partial charge in [-0.1, -0.05) is 35.3 Å². The maximum Gasteiger partial charge on any atom is 0.336 e. The highest BCUT2D eigenvalue weighted by Crippen LogP contribution is 2.32. The zero-order valence-electron chi connectivity index (χ0n) is 13.0. The second kappa shape index (κ2) is 6.60. The van der Waals surface area contributed by atoms with E-state index in [2.05, 4.69) is 0 Å². The van der Waals surface area contributed by atoms with Crippen molar-refractivity contribution in [2.75, 3.05) is 11.9 Å². The van der Waals surface area contributed by atoms with Gasteiger partial charge in [-0.3, -0.25) is 9.69 Å². The van der Waals surface area contributed by atoms with E-state index in [1.54, 1.807) is 36.4 Å². The molecule has 0 aliphatic carbocycles. The van der Waals surface area contributed by atoms with Gasteiger partial charge in [0.25, 0.3) is 5.91 Å². The van der Waals surface area contributed by atoms with Crippen LogP contribution in [0.15, 0.2) is 48.2 Å². The summed E-state index contributed by atoms with van der Waals surface area (Å²) < 4.78 is 0. The predicted molar refractivity (Wildman–Crippen MR) is 96.2 cm³/mol. The molecule has 124 valence electrons. The van der Waals surface area contributed by atoms with Gasteiger partial charge in [-0.15, -0.1) is 0 Å². The van der Waals surface area contributed by atoms with Gasteiger partial charge in [-0.05, 0) is 42.0 Å². The van der Waals surface area contributed by atoms with Gasteiger partial charge in [0.2, 0.25) is 0 Å². The van der Waals surface area contributed by atoms with Crippen molar-refractivity contribution in [1.29, 1.82) is 5.26 Å². The van der Waals surface area contributed by atoms with Crippen LogP contribution in [0.2, 0.25) is 10.0 Å². The summed E-state index contributed by atoms with van der Waals surface area (Å²) in [5.41, 5.74) is 1.79. The number of carbonyl (C=O) groups excluding carboxylic acids is 2. The van der Waals surface area contributed by atoms with Crippen molar-refractivity contribution < 1.29 is 9.59 Å². The number of hydrogen-bond acceptors (Lipinski definition) is 3. The predicted octanol–water partition coefficient (Wildman–Crippen LogP) is 4.30.